The summed E-state index contributed by atoms with van der Waals surface area (Å²) in [4.78, 5) is 5.06. The smallest absolute Gasteiger partial charge is 0.0223 e. The van der Waals surface area contributed by atoms with Gasteiger partial charge < -0.3 is 4.90 Å². The van der Waals surface area contributed by atoms with Gasteiger partial charge in [0.2, 0.25) is 0 Å². The molecular formula is C9H18N2. The minimum atomic E-state index is 0.854. The van der Waals surface area contributed by atoms with Crippen LogP contribution in [0.4, 0.5) is 0 Å². The largest absolute Gasteiger partial charge is 0.305 e. The second-order valence-electron chi connectivity index (χ2n) is 4.10. The molecule has 0 aromatic carbocycles. The number of likely N-dealkylation sites (N-methyl/N-ethyl adjacent to an activating group) is 2. The molecule has 2 heterocycles. The minimum absolute atomic E-state index is 0.854. The summed E-state index contributed by atoms with van der Waals surface area (Å²) in [7, 11) is 4.54. The van der Waals surface area contributed by atoms with Gasteiger partial charge in [-0.05, 0) is 39.9 Å². The van der Waals surface area contributed by atoms with Crippen LogP contribution >= 0.6 is 0 Å². The van der Waals surface area contributed by atoms with Crippen LogP contribution in [0.25, 0.3) is 0 Å². The Labute approximate surface area is 69.2 Å². The quantitative estimate of drug-likeness (QED) is 0.509. The van der Waals surface area contributed by atoms with Crippen molar-refractivity contribution in [2.45, 2.75) is 31.3 Å². The first-order chi connectivity index (χ1) is 5.27. The maximum absolute atomic E-state index is 2.59. The van der Waals surface area contributed by atoms with Crippen molar-refractivity contribution in [3.8, 4) is 0 Å². The lowest BCUT2D eigenvalue weighted by Gasteiger charge is -2.22. The Hall–Kier alpha value is -0.0800. The second-order valence-corrected chi connectivity index (χ2v) is 4.10. The molecule has 0 N–H and O–H groups in total. The molecule has 2 nitrogen and oxygen atoms in total. The van der Waals surface area contributed by atoms with Crippen LogP contribution in [0.5, 0.6) is 0 Å². The predicted octanol–water partition coefficient (Wildman–Crippen LogP) is 0.785. The summed E-state index contributed by atoms with van der Waals surface area (Å²) in [5.41, 5.74) is 0. The maximum atomic E-state index is 2.59. The second kappa shape index (κ2) is 2.76. The predicted molar refractivity (Wildman–Crippen MR) is 46.7 cm³/mol. The number of nitrogens with zero attached hydrogens (tertiary/aromatic N) is 2. The Balaban J connectivity index is 2.07. The standard InChI is InChI=1S/C9H18N2/c1-10-6-5-8-3-4-9(7-10)11(8)2/h8-9H,3-7H2,1-2H3/t8-,9+/m1/s1. The number of fused-ring (bicyclic) bond motifs is 2. The van der Waals surface area contributed by atoms with Crippen LogP contribution < -0.4 is 0 Å². The average Bonchev–Trinajstić information content (AvgIpc) is 2.20. The number of likely N-dealkylation sites (tertiary alicyclic amines) is 1. The Morgan fingerprint density at radius 1 is 1.00 bits per heavy atom. The Morgan fingerprint density at radius 2 is 1.73 bits per heavy atom. The summed E-state index contributed by atoms with van der Waals surface area (Å²) < 4.78 is 0. The minimum Gasteiger partial charge on any atom is -0.305 e. The van der Waals surface area contributed by atoms with E-state index in [1.54, 1.807) is 0 Å². The van der Waals surface area contributed by atoms with E-state index in [9.17, 15) is 0 Å². The molecular weight excluding hydrogens is 136 g/mol. The first-order valence-electron chi connectivity index (χ1n) is 4.68. The first kappa shape index (κ1) is 7.56. The van der Waals surface area contributed by atoms with E-state index in [0.717, 1.165) is 12.1 Å². The van der Waals surface area contributed by atoms with E-state index >= 15 is 0 Å². The average molecular weight is 154 g/mol. The third-order valence-electron chi connectivity index (χ3n) is 3.35. The monoisotopic (exact) mass is 154 g/mol. The highest BCUT2D eigenvalue weighted by Gasteiger charge is 2.33. The van der Waals surface area contributed by atoms with Gasteiger partial charge in [-0.25, -0.2) is 0 Å². The summed E-state index contributed by atoms with van der Waals surface area (Å²) in [6.45, 7) is 2.58. The fraction of sp³-hybridized carbons (Fsp3) is 1.00. The molecule has 0 unspecified atom stereocenters. The molecule has 2 rings (SSSR count). The van der Waals surface area contributed by atoms with Crippen LogP contribution in [0, 0.1) is 0 Å². The molecule has 2 aliphatic heterocycles. The van der Waals surface area contributed by atoms with Crippen molar-refractivity contribution in [2.75, 3.05) is 27.2 Å². The molecule has 2 bridgehead atoms. The van der Waals surface area contributed by atoms with Crippen molar-refractivity contribution in [2.24, 2.45) is 0 Å². The third-order valence-corrected chi connectivity index (χ3v) is 3.35. The van der Waals surface area contributed by atoms with Crippen molar-refractivity contribution in [1.29, 1.82) is 0 Å². The Kier molecular flexibility index (Phi) is 1.90. The fourth-order valence-corrected chi connectivity index (χ4v) is 2.48. The summed E-state index contributed by atoms with van der Waals surface area (Å²) in [5.74, 6) is 0. The topological polar surface area (TPSA) is 6.48 Å². The molecule has 0 spiro atoms. The van der Waals surface area contributed by atoms with E-state index in [1.807, 2.05) is 0 Å². The van der Waals surface area contributed by atoms with Crippen molar-refractivity contribution in [1.82, 2.24) is 9.80 Å². The lowest BCUT2D eigenvalue weighted by molar-refractivity contribution is 0.236. The van der Waals surface area contributed by atoms with Crippen LogP contribution in [0.2, 0.25) is 0 Å². The molecule has 11 heavy (non-hydrogen) atoms. The zero-order valence-electron chi connectivity index (χ0n) is 7.58. The summed E-state index contributed by atoms with van der Waals surface area (Å²) >= 11 is 0. The molecule has 0 saturated carbocycles. The molecule has 2 heteroatoms. The van der Waals surface area contributed by atoms with Crippen molar-refractivity contribution in [3.05, 3.63) is 0 Å². The highest BCUT2D eigenvalue weighted by atomic mass is 15.3. The fourth-order valence-electron chi connectivity index (χ4n) is 2.48. The van der Waals surface area contributed by atoms with Gasteiger partial charge in [-0.2, -0.15) is 0 Å². The van der Waals surface area contributed by atoms with E-state index in [1.165, 1.54) is 32.4 Å². The van der Waals surface area contributed by atoms with Crippen molar-refractivity contribution < 1.29 is 0 Å². The normalized spacial score (nSPS) is 40.9. The summed E-state index contributed by atoms with van der Waals surface area (Å²) in [5, 5.41) is 0. The molecule has 2 aliphatic rings. The lowest BCUT2D eigenvalue weighted by Crippen LogP contribution is -2.35. The van der Waals surface area contributed by atoms with Gasteiger partial charge in [0.25, 0.3) is 0 Å². The molecule has 64 valence electrons. The number of rotatable bonds is 0. The highest BCUT2D eigenvalue weighted by Crippen LogP contribution is 2.27. The molecule has 2 atom stereocenters. The zero-order chi connectivity index (χ0) is 7.84. The highest BCUT2D eigenvalue weighted by molar-refractivity contribution is 4.90. The Morgan fingerprint density at radius 3 is 2.55 bits per heavy atom. The van der Waals surface area contributed by atoms with Crippen molar-refractivity contribution >= 4 is 0 Å². The van der Waals surface area contributed by atoms with Gasteiger partial charge in [-0.3, -0.25) is 4.90 Å². The molecule has 0 radical (unpaired) electrons. The summed E-state index contributed by atoms with van der Waals surface area (Å²) in [6.07, 6.45) is 4.24. The van der Waals surface area contributed by atoms with Gasteiger partial charge in [-0.1, -0.05) is 0 Å². The molecule has 0 aromatic rings. The van der Waals surface area contributed by atoms with E-state index in [-0.39, 0.29) is 0 Å². The van der Waals surface area contributed by atoms with E-state index in [0.29, 0.717) is 0 Å². The van der Waals surface area contributed by atoms with Gasteiger partial charge in [0.1, 0.15) is 0 Å². The molecule has 2 saturated heterocycles. The lowest BCUT2D eigenvalue weighted by atomic mass is 10.1. The summed E-state index contributed by atoms with van der Waals surface area (Å²) in [6, 6.07) is 1.75. The zero-order valence-corrected chi connectivity index (χ0v) is 7.58. The maximum Gasteiger partial charge on any atom is 0.0223 e. The van der Waals surface area contributed by atoms with Gasteiger partial charge in [0, 0.05) is 18.6 Å². The number of hydrogen-bond donors (Lipinski definition) is 0. The van der Waals surface area contributed by atoms with Gasteiger partial charge in [-0.15, -0.1) is 0 Å². The molecule has 0 amide bonds. The molecule has 2 fully saturated rings. The van der Waals surface area contributed by atoms with Gasteiger partial charge >= 0.3 is 0 Å². The number of hydrogen-bond acceptors (Lipinski definition) is 2. The van der Waals surface area contributed by atoms with E-state index in [2.05, 4.69) is 23.9 Å². The van der Waals surface area contributed by atoms with Crippen LogP contribution in [0.1, 0.15) is 19.3 Å². The van der Waals surface area contributed by atoms with E-state index < -0.39 is 0 Å². The first-order valence-corrected chi connectivity index (χ1v) is 4.68. The Bertz CT molecular complexity index is 146. The van der Waals surface area contributed by atoms with Crippen LogP contribution in [0.15, 0.2) is 0 Å². The van der Waals surface area contributed by atoms with Gasteiger partial charge in [0.05, 0.1) is 0 Å². The van der Waals surface area contributed by atoms with E-state index in [4.69, 9.17) is 0 Å². The van der Waals surface area contributed by atoms with Gasteiger partial charge in [0.15, 0.2) is 0 Å². The SMILES string of the molecule is CN1CC[C@H]2CC[C@@H](C1)N2C. The third kappa shape index (κ3) is 1.30. The van der Waals surface area contributed by atoms with Crippen LogP contribution in [0.3, 0.4) is 0 Å². The van der Waals surface area contributed by atoms with Crippen LogP contribution in [-0.4, -0.2) is 49.1 Å². The molecule has 0 aromatic heterocycles. The van der Waals surface area contributed by atoms with Crippen molar-refractivity contribution in [3.63, 3.8) is 0 Å². The molecule has 0 aliphatic carbocycles. The van der Waals surface area contributed by atoms with Crippen LogP contribution in [-0.2, 0) is 0 Å².